The van der Waals surface area contributed by atoms with Crippen LogP contribution < -0.4 is 5.73 Å². The minimum atomic E-state index is -3.78. The molecule has 3 aromatic rings. The van der Waals surface area contributed by atoms with Gasteiger partial charge in [-0.05, 0) is 37.1 Å². The van der Waals surface area contributed by atoms with E-state index < -0.39 is 10.0 Å². The number of para-hydroxylation sites is 1. The second-order valence-electron chi connectivity index (χ2n) is 7.97. The first-order valence-corrected chi connectivity index (χ1v) is 12.5. The molecule has 0 amide bonds. The van der Waals surface area contributed by atoms with Crippen molar-refractivity contribution in [3.05, 3.63) is 54.6 Å². The topological polar surface area (TPSA) is 126 Å². The van der Waals surface area contributed by atoms with E-state index >= 15 is 0 Å². The van der Waals surface area contributed by atoms with Crippen molar-refractivity contribution >= 4 is 27.2 Å². The van der Waals surface area contributed by atoms with Gasteiger partial charge in [-0.15, -0.1) is 15.3 Å². The van der Waals surface area contributed by atoms with E-state index in [1.807, 2.05) is 13.0 Å². The SMILES string of the molecule is CCN(C1CCCCC1)S(=O)(=O)c1ccccc1/N=N/c1c(N)nn(-c2ccccc2)c1O. The standard InChI is InChI=1S/C23H28N6O3S/c1-2-28(17-11-5-3-6-12-17)33(31,32)20-16-10-9-15-19(20)25-26-21-22(24)27-29(23(21)30)18-13-7-4-8-14-18/h4,7-10,13-17,30H,2-3,5-6,11-12H2,1H3,(H2,24,27)/b26-25+. The van der Waals surface area contributed by atoms with Crippen molar-refractivity contribution in [1.29, 1.82) is 0 Å². The first-order valence-electron chi connectivity index (χ1n) is 11.1. The summed E-state index contributed by atoms with van der Waals surface area (Å²) >= 11 is 0. The molecular weight excluding hydrogens is 440 g/mol. The van der Waals surface area contributed by atoms with E-state index in [0.717, 1.165) is 32.1 Å². The van der Waals surface area contributed by atoms with Crippen LogP contribution in [0.15, 0.2) is 69.7 Å². The van der Waals surface area contributed by atoms with Gasteiger partial charge in [-0.1, -0.05) is 56.5 Å². The normalized spacial score (nSPS) is 15.5. The smallest absolute Gasteiger partial charge is 0.245 e. The molecule has 0 bridgehead atoms. The van der Waals surface area contributed by atoms with Crippen molar-refractivity contribution in [2.45, 2.75) is 50.0 Å². The lowest BCUT2D eigenvalue weighted by Gasteiger charge is -2.32. The Morgan fingerprint density at radius 1 is 1.06 bits per heavy atom. The summed E-state index contributed by atoms with van der Waals surface area (Å²) in [7, 11) is -3.78. The fraction of sp³-hybridized carbons (Fsp3) is 0.348. The second kappa shape index (κ2) is 9.72. The Morgan fingerprint density at radius 3 is 2.42 bits per heavy atom. The molecular formula is C23H28N6O3S. The number of azo groups is 1. The number of aromatic nitrogens is 2. The van der Waals surface area contributed by atoms with Crippen molar-refractivity contribution in [2.24, 2.45) is 10.2 Å². The molecule has 174 valence electrons. The molecule has 33 heavy (non-hydrogen) atoms. The van der Waals surface area contributed by atoms with Gasteiger partial charge in [0, 0.05) is 12.6 Å². The van der Waals surface area contributed by atoms with Gasteiger partial charge in [0.15, 0.2) is 11.5 Å². The number of rotatable bonds is 7. The highest BCUT2D eigenvalue weighted by atomic mass is 32.2. The van der Waals surface area contributed by atoms with E-state index in [-0.39, 0.29) is 34.0 Å². The van der Waals surface area contributed by atoms with E-state index in [1.165, 1.54) is 10.7 Å². The largest absolute Gasteiger partial charge is 0.492 e. The molecule has 9 nitrogen and oxygen atoms in total. The maximum absolute atomic E-state index is 13.6. The molecule has 0 aliphatic heterocycles. The number of hydrogen-bond donors (Lipinski definition) is 2. The average molecular weight is 469 g/mol. The molecule has 1 saturated carbocycles. The minimum absolute atomic E-state index is 0.0115. The summed E-state index contributed by atoms with van der Waals surface area (Å²) in [5, 5.41) is 23.0. The van der Waals surface area contributed by atoms with E-state index in [1.54, 1.807) is 46.8 Å². The molecule has 0 unspecified atom stereocenters. The number of sulfonamides is 1. The van der Waals surface area contributed by atoms with Gasteiger partial charge in [-0.3, -0.25) is 0 Å². The Bertz CT molecular complexity index is 1230. The van der Waals surface area contributed by atoms with E-state index in [9.17, 15) is 13.5 Å². The number of benzene rings is 2. The van der Waals surface area contributed by atoms with E-state index in [0.29, 0.717) is 12.2 Å². The Hall–Kier alpha value is -3.24. The predicted octanol–water partition coefficient (Wildman–Crippen LogP) is 4.92. The summed E-state index contributed by atoms with van der Waals surface area (Å²) < 4.78 is 29.9. The number of nitrogens with two attached hydrogens (primary N) is 1. The number of nitrogen functional groups attached to an aromatic ring is 1. The van der Waals surface area contributed by atoms with E-state index in [2.05, 4.69) is 15.3 Å². The number of anilines is 1. The van der Waals surface area contributed by atoms with Crippen LogP contribution in [-0.2, 0) is 10.0 Å². The Morgan fingerprint density at radius 2 is 1.73 bits per heavy atom. The highest BCUT2D eigenvalue weighted by molar-refractivity contribution is 7.89. The van der Waals surface area contributed by atoms with Gasteiger partial charge in [0.25, 0.3) is 0 Å². The van der Waals surface area contributed by atoms with Gasteiger partial charge >= 0.3 is 0 Å². The van der Waals surface area contributed by atoms with Gasteiger partial charge in [0.1, 0.15) is 10.6 Å². The fourth-order valence-electron chi connectivity index (χ4n) is 4.24. The molecule has 1 aliphatic carbocycles. The van der Waals surface area contributed by atoms with Crippen LogP contribution in [0, 0.1) is 0 Å². The Kier molecular flexibility index (Phi) is 6.75. The molecule has 3 N–H and O–H groups in total. The van der Waals surface area contributed by atoms with Crippen LogP contribution in [0.25, 0.3) is 5.69 Å². The summed E-state index contributed by atoms with van der Waals surface area (Å²) in [6.45, 7) is 2.24. The molecule has 0 saturated heterocycles. The Labute approximate surface area is 193 Å². The summed E-state index contributed by atoms with van der Waals surface area (Å²) in [5.41, 5.74) is 6.73. The third-order valence-electron chi connectivity index (χ3n) is 5.87. The van der Waals surface area contributed by atoms with Gasteiger partial charge in [0.05, 0.1) is 5.69 Å². The summed E-state index contributed by atoms with van der Waals surface area (Å²) in [6, 6.07) is 15.5. The highest BCUT2D eigenvalue weighted by Crippen LogP contribution is 2.37. The second-order valence-corrected chi connectivity index (χ2v) is 9.83. The van der Waals surface area contributed by atoms with Crippen molar-refractivity contribution in [3.8, 4) is 11.6 Å². The van der Waals surface area contributed by atoms with Crippen LogP contribution in [0.3, 0.4) is 0 Å². The zero-order chi connectivity index (χ0) is 23.4. The first kappa shape index (κ1) is 22.9. The Balaban J connectivity index is 1.68. The lowest BCUT2D eigenvalue weighted by Crippen LogP contribution is -2.41. The summed E-state index contributed by atoms with van der Waals surface area (Å²) in [6.07, 6.45) is 4.92. The van der Waals surface area contributed by atoms with E-state index in [4.69, 9.17) is 5.73 Å². The van der Waals surface area contributed by atoms with Crippen LogP contribution in [-0.4, -0.2) is 40.2 Å². The van der Waals surface area contributed by atoms with Crippen LogP contribution in [0.5, 0.6) is 5.88 Å². The molecule has 4 rings (SSSR count). The quantitative estimate of drug-likeness (QED) is 0.476. The van der Waals surface area contributed by atoms with Gasteiger partial charge in [0.2, 0.25) is 15.9 Å². The molecule has 0 spiro atoms. The zero-order valence-electron chi connectivity index (χ0n) is 18.5. The summed E-state index contributed by atoms with van der Waals surface area (Å²) in [4.78, 5) is 0.0784. The lowest BCUT2D eigenvalue weighted by atomic mass is 9.95. The first-order chi connectivity index (χ1) is 15.9. The predicted molar refractivity (Wildman–Crippen MR) is 127 cm³/mol. The molecule has 1 heterocycles. The third-order valence-corrected chi connectivity index (χ3v) is 7.94. The van der Waals surface area contributed by atoms with Gasteiger partial charge < -0.3 is 10.8 Å². The fourth-order valence-corrected chi connectivity index (χ4v) is 6.06. The van der Waals surface area contributed by atoms with Crippen LogP contribution >= 0.6 is 0 Å². The maximum atomic E-state index is 13.6. The third kappa shape index (κ3) is 4.62. The summed E-state index contributed by atoms with van der Waals surface area (Å²) in [5.74, 6) is -0.294. The molecule has 1 aliphatic rings. The van der Waals surface area contributed by atoms with Crippen molar-refractivity contribution < 1.29 is 13.5 Å². The molecule has 1 aromatic heterocycles. The molecule has 0 atom stereocenters. The van der Waals surface area contributed by atoms with Crippen molar-refractivity contribution in [3.63, 3.8) is 0 Å². The molecule has 1 fully saturated rings. The molecule has 2 aromatic carbocycles. The monoisotopic (exact) mass is 468 g/mol. The van der Waals surface area contributed by atoms with Gasteiger partial charge in [-0.25, -0.2) is 8.42 Å². The number of aromatic hydroxyl groups is 1. The minimum Gasteiger partial charge on any atom is -0.492 e. The van der Waals surface area contributed by atoms with Crippen LogP contribution in [0.1, 0.15) is 39.0 Å². The molecule has 0 radical (unpaired) electrons. The van der Waals surface area contributed by atoms with Crippen molar-refractivity contribution in [1.82, 2.24) is 14.1 Å². The van der Waals surface area contributed by atoms with Gasteiger partial charge in [-0.2, -0.15) is 8.99 Å². The maximum Gasteiger partial charge on any atom is 0.245 e. The lowest BCUT2D eigenvalue weighted by molar-refractivity contribution is 0.261. The van der Waals surface area contributed by atoms with Crippen LogP contribution in [0.4, 0.5) is 17.2 Å². The van der Waals surface area contributed by atoms with Crippen molar-refractivity contribution in [2.75, 3.05) is 12.3 Å². The highest BCUT2D eigenvalue weighted by Gasteiger charge is 2.32. The zero-order valence-corrected chi connectivity index (χ0v) is 19.3. The average Bonchev–Trinajstić information content (AvgIpc) is 3.12. The van der Waals surface area contributed by atoms with Crippen LogP contribution in [0.2, 0.25) is 0 Å². The number of hydrogen-bond acceptors (Lipinski definition) is 7. The number of nitrogens with zero attached hydrogens (tertiary/aromatic N) is 5. The molecule has 10 heteroatoms.